The molecule has 2 unspecified atom stereocenters. The average Bonchev–Trinajstić information content (AvgIpc) is 2.01. The zero-order chi connectivity index (χ0) is 9.38. The zero-order valence-corrected chi connectivity index (χ0v) is 8.71. The molecule has 2 aliphatic carbocycles. The van der Waals surface area contributed by atoms with Crippen LogP contribution < -0.4 is 5.32 Å². The minimum atomic E-state index is 0.721. The van der Waals surface area contributed by atoms with E-state index in [1.807, 2.05) is 0 Å². The molecule has 1 aliphatic heterocycles. The van der Waals surface area contributed by atoms with Gasteiger partial charge in [0, 0.05) is 0 Å². The molecule has 76 valence electrons. The molecule has 0 aromatic carbocycles. The van der Waals surface area contributed by atoms with Gasteiger partial charge in [0.05, 0.1) is 6.54 Å². The Kier molecular flexibility index (Phi) is 2.27. The predicted molar refractivity (Wildman–Crippen MR) is 57.2 cm³/mol. The van der Waals surface area contributed by atoms with Crippen LogP contribution >= 0.6 is 0 Å². The second-order valence-corrected chi connectivity index (χ2v) is 5.13. The Balaban J connectivity index is 1.69. The molecule has 2 radical (unpaired) electrons. The second-order valence-electron chi connectivity index (χ2n) is 5.13. The van der Waals surface area contributed by atoms with Crippen LogP contribution in [-0.2, 0) is 0 Å². The first kappa shape index (κ1) is 8.82. The highest BCUT2D eigenvalue weighted by Gasteiger charge is 2.39. The van der Waals surface area contributed by atoms with Gasteiger partial charge < -0.3 is 5.32 Å². The van der Waals surface area contributed by atoms with Crippen molar-refractivity contribution in [1.29, 1.82) is 0 Å². The highest BCUT2D eigenvalue weighted by molar-refractivity contribution is 5.07. The zero-order valence-electron chi connectivity index (χ0n) is 8.71. The predicted octanol–water partition coefficient (Wildman–Crippen LogP) is 2.97. The first-order valence-corrected chi connectivity index (χ1v) is 6.13. The summed E-state index contributed by atoms with van der Waals surface area (Å²) < 4.78 is 0. The molecular weight excluding hydrogens is 170 g/mol. The third kappa shape index (κ3) is 1.37. The van der Waals surface area contributed by atoms with Crippen LogP contribution in [0.5, 0.6) is 0 Å². The van der Waals surface area contributed by atoms with Gasteiger partial charge in [0.15, 0.2) is 0 Å². The summed E-state index contributed by atoms with van der Waals surface area (Å²) in [6.07, 6.45) is 13.2. The summed E-state index contributed by atoms with van der Waals surface area (Å²) in [6.45, 7) is 3.48. The summed E-state index contributed by atoms with van der Waals surface area (Å²) in [6, 6.07) is 0. The fourth-order valence-corrected chi connectivity index (χ4v) is 3.03. The van der Waals surface area contributed by atoms with E-state index >= 15 is 0 Å². The normalized spacial score (nSPS) is 38.6. The van der Waals surface area contributed by atoms with Gasteiger partial charge in [-0.3, -0.25) is 0 Å². The van der Waals surface area contributed by atoms with E-state index in [0.717, 1.165) is 23.7 Å². The molecule has 1 heteroatoms. The van der Waals surface area contributed by atoms with Crippen LogP contribution in [0.1, 0.15) is 38.5 Å². The molecule has 1 N–H and O–H groups in total. The van der Waals surface area contributed by atoms with Gasteiger partial charge in [0.1, 0.15) is 0 Å². The van der Waals surface area contributed by atoms with Crippen LogP contribution in [0.25, 0.3) is 0 Å². The van der Waals surface area contributed by atoms with Gasteiger partial charge in [-0.1, -0.05) is 31.8 Å². The number of allylic oxidation sites excluding steroid dienone is 1. The van der Waals surface area contributed by atoms with Crippen molar-refractivity contribution < 1.29 is 0 Å². The Morgan fingerprint density at radius 2 is 1.71 bits per heavy atom. The van der Waals surface area contributed by atoms with E-state index < -0.39 is 0 Å². The van der Waals surface area contributed by atoms with Gasteiger partial charge in [-0.05, 0) is 42.7 Å². The Bertz CT molecular complexity index is 225. The third-order valence-electron chi connectivity index (χ3n) is 4.42. The van der Waals surface area contributed by atoms with Crippen LogP contribution in [0, 0.1) is 30.2 Å². The first-order chi connectivity index (χ1) is 6.95. The van der Waals surface area contributed by atoms with Gasteiger partial charge in [0.2, 0.25) is 0 Å². The highest BCUT2D eigenvalue weighted by atomic mass is 14.9. The Morgan fingerprint density at radius 1 is 1.00 bits per heavy atom. The maximum atomic E-state index is 3.48. The molecule has 2 atom stereocenters. The topological polar surface area (TPSA) is 12.0 Å². The van der Waals surface area contributed by atoms with Crippen LogP contribution in [0.4, 0.5) is 0 Å². The summed E-state index contributed by atoms with van der Waals surface area (Å²) in [7, 11) is 0. The fraction of sp³-hybridized carbons (Fsp3) is 0.769. The van der Waals surface area contributed by atoms with Crippen LogP contribution in [0.2, 0.25) is 0 Å². The maximum Gasteiger partial charge on any atom is 0.0919 e. The van der Waals surface area contributed by atoms with E-state index in [0.29, 0.717) is 0 Å². The number of rotatable bonds is 2. The van der Waals surface area contributed by atoms with E-state index in [9.17, 15) is 0 Å². The van der Waals surface area contributed by atoms with Crippen molar-refractivity contribution in [2.45, 2.75) is 38.5 Å². The van der Waals surface area contributed by atoms with Crippen molar-refractivity contribution in [3.8, 4) is 0 Å². The van der Waals surface area contributed by atoms with Crippen molar-refractivity contribution in [2.75, 3.05) is 0 Å². The van der Waals surface area contributed by atoms with Crippen molar-refractivity contribution in [3.63, 3.8) is 0 Å². The largest absolute Gasteiger partial charge is 0.381 e. The lowest BCUT2D eigenvalue weighted by atomic mass is 9.62. The number of hydrogen-bond donors (Lipinski definition) is 1. The lowest BCUT2D eigenvalue weighted by Crippen LogP contribution is -2.39. The van der Waals surface area contributed by atoms with E-state index in [1.54, 1.807) is 0 Å². The number of hydrogen-bond acceptors (Lipinski definition) is 1. The monoisotopic (exact) mass is 189 g/mol. The van der Waals surface area contributed by atoms with Crippen molar-refractivity contribution in [1.82, 2.24) is 5.32 Å². The van der Waals surface area contributed by atoms with Crippen LogP contribution in [0.15, 0.2) is 12.3 Å². The molecule has 1 nitrogen and oxygen atoms in total. The molecule has 0 aromatic rings. The van der Waals surface area contributed by atoms with E-state index in [4.69, 9.17) is 0 Å². The van der Waals surface area contributed by atoms with Crippen LogP contribution in [-0.4, -0.2) is 0 Å². The molecule has 2 fully saturated rings. The standard InChI is InChI=1S/C13H19N/c1-3-10(4-1)12-7-8-14-9-13(12)11-5-2-6-11/h7-8,10-14H,1-6H2. The van der Waals surface area contributed by atoms with Crippen molar-refractivity contribution >= 4 is 0 Å². The van der Waals surface area contributed by atoms with Gasteiger partial charge in [-0.15, -0.1) is 0 Å². The fourth-order valence-electron chi connectivity index (χ4n) is 3.03. The molecule has 0 spiro atoms. The molecule has 0 saturated heterocycles. The third-order valence-corrected chi connectivity index (χ3v) is 4.42. The van der Waals surface area contributed by atoms with Gasteiger partial charge in [-0.2, -0.15) is 0 Å². The SMILES string of the molecule is [C]1NC=CC(C2CCC2)C1C1CCC1. The Morgan fingerprint density at radius 3 is 2.29 bits per heavy atom. The molecule has 14 heavy (non-hydrogen) atoms. The summed E-state index contributed by atoms with van der Waals surface area (Å²) in [5.74, 6) is 3.46. The quantitative estimate of drug-likeness (QED) is 0.704. The molecular formula is C13H19N. The lowest BCUT2D eigenvalue weighted by Gasteiger charge is -2.44. The Hall–Kier alpha value is -0.460. The molecule has 0 aromatic heterocycles. The van der Waals surface area contributed by atoms with Gasteiger partial charge in [0.25, 0.3) is 0 Å². The van der Waals surface area contributed by atoms with Gasteiger partial charge in [-0.25, -0.2) is 0 Å². The maximum absolute atomic E-state index is 3.48. The summed E-state index contributed by atoms with van der Waals surface area (Å²) in [5.41, 5.74) is 0. The Labute approximate surface area is 87.0 Å². The second kappa shape index (κ2) is 3.60. The smallest absolute Gasteiger partial charge is 0.0919 e. The summed E-state index contributed by atoms with van der Waals surface area (Å²) in [4.78, 5) is 0. The molecule has 1 heterocycles. The minimum absolute atomic E-state index is 0.721. The minimum Gasteiger partial charge on any atom is -0.381 e. The molecule has 2 saturated carbocycles. The average molecular weight is 189 g/mol. The first-order valence-electron chi connectivity index (χ1n) is 6.13. The highest BCUT2D eigenvalue weighted by Crippen LogP contribution is 2.46. The van der Waals surface area contributed by atoms with Crippen molar-refractivity contribution in [3.05, 3.63) is 18.8 Å². The molecule has 3 aliphatic rings. The van der Waals surface area contributed by atoms with Gasteiger partial charge >= 0.3 is 0 Å². The van der Waals surface area contributed by atoms with Crippen molar-refractivity contribution in [2.24, 2.45) is 23.7 Å². The molecule has 0 bridgehead atoms. The lowest BCUT2D eigenvalue weighted by molar-refractivity contribution is 0.110. The van der Waals surface area contributed by atoms with E-state index in [1.165, 1.54) is 38.5 Å². The summed E-state index contributed by atoms with van der Waals surface area (Å²) >= 11 is 0. The number of nitrogens with one attached hydrogen (secondary N) is 1. The van der Waals surface area contributed by atoms with E-state index in [2.05, 4.69) is 24.1 Å². The van der Waals surface area contributed by atoms with Crippen LogP contribution in [0.3, 0.4) is 0 Å². The molecule has 3 rings (SSSR count). The van der Waals surface area contributed by atoms with E-state index in [-0.39, 0.29) is 0 Å². The molecule has 0 amide bonds. The summed E-state index contributed by atoms with van der Waals surface area (Å²) in [5, 5.41) is 3.19.